The van der Waals surface area contributed by atoms with E-state index in [-0.39, 0.29) is 0 Å². The largest absolute Gasteiger partial charge is 0.377 e. The second-order valence-corrected chi connectivity index (χ2v) is 6.71. The predicted molar refractivity (Wildman–Crippen MR) is 88.6 cm³/mol. The van der Waals surface area contributed by atoms with Gasteiger partial charge in [0.2, 0.25) is 0 Å². The molecular formula is C15H21ClN2OS. The lowest BCUT2D eigenvalue weighted by molar-refractivity contribution is -0.107. The second-order valence-electron chi connectivity index (χ2n) is 5.16. The zero-order chi connectivity index (χ0) is 14.5. The third-order valence-electron chi connectivity index (χ3n) is 3.45. The van der Waals surface area contributed by atoms with Crippen molar-refractivity contribution in [2.45, 2.75) is 24.2 Å². The Morgan fingerprint density at radius 2 is 2.05 bits per heavy atom. The smallest absolute Gasteiger partial charge is 0.120 e. The van der Waals surface area contributed by atoms with Crippen LogP contribution >= 0.6 is 23.4 Å². The van der Waals surface area contributed by atoms with Gasteiger partial charge >= 0.3 is 0 Å². The molecule has 0 aromatic heterocycles. The van der Waals surface area contributed by atoms with Crippen molar-refractivity contribution >= 4 is 41.0 Å². The molecule has 1 saturated heterocycles. The van der Waals surface area contributed by atoms with Crippen molar-refractivity contribution in [3.05, 3.63) is 17.2 Å². The van der Waals surface area contributed by atoms with E-state index in [2.05, 4.69) is 15.9 Å². The number of carbonyl (C=O) groups excluding carboxylic acids is 1. The maximum absolute atomic E-state index is 10.5. The number of nitrogens with zero attached hydrogens (tertiary/aromatic N) is 2. The van der Waals surface area contributed by atoms with Crippen LogP contribution in [0.15, 0.2) is 17.0 Å². The lowest BCUT2D eigenvalue weighted by Crippen LogP contribution is -2.19. The van der Waals surface area contributed by atoms with Gasteiger partial charge in [-0.15, -0.1) is 11.8 Å². The van der Waals surface area contributed by atoms with E-state index in [9.17, 15) is 4.79 Å². The summed E-state index contributed by atoms with van der Waals surface area (Å²) in [6.45, 7) is 2.17. The van der Waals surface area contributed by atoms with Crippen LogP contribution in [-0.2, 0) is 4.79 Å². The second kappa shape index (κ2) is 7.23. The first-order chi connectivity index (χ1) is 9.63. The molecule has 0 amide bonds. The quantitative estimate of drug-likeness (QED) is 0.454. The summed E-state index contributed by atoms with van der Waals surface area (Å²) < 4.78 is 0. The summed E-state index contributed by atoms with van der Waals surface area (Å²) in [6.07, 6.45) is 4.03. The van der Waals surface area contributed by atoms with Gasteiger partial charge in [0.1, 0.15) is 6.29 Å². The minimum Gasteiger partial charge on any atom is -0.377 e. The first kappa shape index (κ1) is 15.5. The monoisotopic (exact) mass is 312 g/mol. The topological polar surface area (TPSA) is 23.6 Å². The van der Waals surface area contributed by atoms with E-state index in [0.29, 0.717) is 6.42 Å². The maximum atomic E-state index is 10.5. The van der Waals surface area contributed by atoms with Crippen molar-refractivity contribution in [2.24, 2.45) is 0 Å². The van der Waals surface area contributed by atoms with Crippen LogP contribution in [0, 0.1) is 0 Å². The molecule has 1 aromatic rings. The molecule has 3 nitrogen and oxygen atoms in total. The molecular weight excluding hydrogens is 292 g/mol. The van der Waals surface area contributed by atoms with Crippen LogP contribution in [0.3, 0.4) is 0 Å². The Balaban J connectivity index is 2.29. The van der Waals surface area contributed by atoms with E-state index in [1.54, 1.807) is 11.8 Å². The van der Waals surface area contributed by atoms with Crippen molar-refractivity contribution in [2.75, 3.05) is 42.7 Å². The molecule has 5 heteroatoms. The highest BCUT2D eigenvalue weighted by Gasteiger charge is 2.18. The fraction of sp³-hybridized carbons (Fsp3) is 0.533. The van der Waals surface area contributed by atoms with Gasteiger partial charge in [-0.05, 0) is 25.0 Å². The van der Waals surface area contributed by atoms with Gasteiger partial charge in [0.05, 0.1) is 16.4 Å². The molecule has 110 valence electrons. The standard InChI is InChI=1S/C15H21ClN2OS/c1-17(2)14-10-12(16)13(18-6-3-4-7-18)11-15(14)20-9-5-8-19/h8,10-11H,3-7,9H2,1-2H3. The average Bonchev–Trinajstić information content (AvgIpc) is 2.93. The minimum atomic E-state index is 0.583. The van der Waals surface area contributed by atoms with Crippen LogP contribution in [0.5, 0.6) is 0 Å². The third-order valence-corrected chi connectivity index (χ3v) is 4.83. The van der Waals surface area contributed by atoms with Crippen molar-refractivity contribution in [3.8, 4) is 0 Å². The summed E-state index contributed by atoms with van der Waals surface area (Å²) >= 11 is 8.18. The molecule has 20 heavy (non-hydrogen) atoms. The molecule has 0 N–H and O–H groups in total. The van der Waals surface area contributed by atoms with Crippen molar-refractivity contribution < 1.29 is 4.79 Å². The molecule has 0 bridgehead atoms. The Bertz CT molecular complexity index is 473. The molecule has 0 aliphatic carbocycles. The Hall–Kier alpha value is -0.870. The Labute approximate surface area is 130 Å². The molecule has 0 saturated carbocycles. The van der Waals surface area contributed by atoms with Crippen LogP contribution in [0.25, 0.3) is 0 Å². The van der Waals surface area contributed by atoms with Gasteiger partial charge in [-0.3, -0.25) is 0 Å². The highest BCUT2D eigenvalue weighted by atomic mass is 35.5. The lowest BCUT2D eigenvalue weighted by atomic mass is 10.2. The molecule has 0 unspecified atom stereocenters. The van der Waals surface area contributed by atoms with E-state index in [0.717, 1.165) is 41.5 Å². The van der Waals surface area contributed by atoms with Crippen LogP contribution < -0.4 is 9.80 Å². The number of aldehydes is 1. The maximum Gasteiger partial charge on any atom is 0.120 e. The molecule has 0 radical (unpaired) electrons. The Morgan fingerprint density at radius 3 is 2.65 bits per heavy atom. The number of hydrogen-bond donors (Lipinski definition) is 0. The number of carbonyl (C=O) groups is 1. The number of halogens is 1. The fourth-order valence-electron chi connectivity index (χ4n) is 2.41. The third kappa shape index (κ3) is 3.61. The molecule has 1 aromatic carbocycles. The number of benzene rings is 1. The van der Waals surface area contributed by atoms with E-state index in [4.69, 9.17) is 11.6 Å². The van der Waals surface area contributed by atoms with Gasteiger partial charge in [-0.2, -0.15) is 0 Å². The Morgan fingerprint density at radius 1 is 1.35 bits per heavy atom. The number of rotatable bonds is 6. The number of thioether (sulfide) groups is 1. The van der Waals surface area contributed by atoms with Crippen LogP contribution in [0.4, 0.5) is 11.4 Å². The predicted octanol–water partition coefficient (Wildman–Crippen LogP) is 3.69. The molecule has 0 spiro atoms. The van der Waals surface area contributed by atoms with E-state index in [1.807, 2.05) is 20.2 Å². The molecule has 1 heterocycles. The zero-order valence-corrected chi connectivity index (χ0v) is 13.6. The van der Waals surface area contributed by atoms with Gasteiger partial charge in [-0.1, -0.05) is 11.6 Å². The summed E-state index contributed by atoms with van der Waals surface area (Å²) in [5.41, 5.74) is 2.25. The first-order valence-corrected chi connectivity index (χ1v) is 8.32. The van der Waals surface area contributed by atoms with Gasteiger partial charge in [0.15, 0.2) is 0 Å². The van der Waals surface area contributed by atoms with Gasteiger partial charge in [0.25, 0.3) is 0 Å². The molecule has 1 aliphatic heterocycles. The first-order valence-electron chi connectivity index (χ1n) is 6.95. The molecule has 1 aliphatic rings. The number of hydrogen-bond acceptors (Lipinski definition) is 4. The highest BCUT2D eigenvalue weighted by molar-refractivity contribution is 7.99. The average molecular weight is 313 g/mol. The Kier molecular flexibility index (Phi) is 5.61. The van der Waals surface area contributed by atoms with Gasteiger partial charge < -0.3 is 14.6 Å². The molecule has 2 rings (SSSR count). The molecule has 0 atom stereocenters. The summed E-state index contributed by atoms with van der Waals surface area (Å²) in [5.74, 6) is 0.811. The normalized spacial score (nSPS) is 14.7. The van der Waals surface area contributed by atoms with Crippen LogP contribution in [-0.4, -0.2) is 39.2 Å². The highest BCUT2D eigenvalue weighted by Crippen LogP contribution is 2.39. The number of anilines is 2. The van der Waals surface area contributed by atoms with Gasteiger partial charge in [0, 0.05) is 44.3 Å². The van der Waals surface area contributed by atoms with Crippen molar-refractivity contribution in [1.29, 1.82) is 0 Å². The lowest BCUT2D eigenvalue weighted by Gasteiger charge is -2.24. The fourth-order valence-corrected chi connectivity index (χ4v) is 3.71. The van der Waals surface area contributed by atoms with Crippen LogP contribution in [0.2, 0.25) is 5.02 Å². The van der Waals surface area contributed by atoms with E-state index >= 15 is 0 Å². The summed E-state index contributed by atoms with van der Waals surface area (Å²) in [5, 5.41) is 0.815. The SMILES string of the molecule is CN(C)c1cc(Cl)c(N2CCCC2)cc1SCCC=O. The minimum absolute atomic E-state index is 0.583. The summed E-state index contributed by atoms with van der Waals surface area (Å²) in [4.78, 5) is 16.1. The van der Waals surface area contributed by atoms with Crippen molar-refractivity contribution in [3.63, 3.8) is 0 Å². The summed E-state index contributed by atoms with van der Waals surface area (Å²) in [6, 6.07) is 4.22. The van der Waals surface area contributed by atoms with E-state index in [1.165, 1.54) is 17.7 Å². The van der Waals surface area contributed by atoms with Crippen LogP contribution in [0.1, 0.15) is 19.3 Å². The van der Waals surface area contributed by atoms with Crippen molar-refractivity contribution in [1.82, 2.24) is 0 Å². The zero-order valence-electron chi connectivity index (χ0n) is 12.1. The van der Waals surface area contributed by atoms with E-state index < -0.39 is 0 Å². The molecule has 1 fully saturated rings. The van der Waals surface area contributed by atoms with Gasteiger partial charge in [-0.25, -0.2) is 0 Å². The summed E-state index contributed by atoms with van der Waals surface area (Å²) in [7, 11) is 4.04.